The Balaban J connectivity index is 1.88. The van der Waals surface area contributed by atoms with E-state index in [2.05, 4.69) is 37.2 Å². The molecule has 1 saturated carbocycles. The quantitative estimate of drug-likeness (QED) is 0.852. The molecular formula is C18H28N2O. The normalized spacial score (nSPS) is 16.8. The molecule has 1 aliphatic carbocycles. The summed E-state index contributed by atoms with van der Waals surface area (Å²) in [5, 5.41) is 3.03. The van der Waals surface area contributed by atoms with Crippen LogP contribution in [-0.4, -0.2) is 30.4 Å². The number of nitrogens with zero attached hydrogens (tertiary/aromatic N) is 1. The van der Waals surface area contributed by atoms with E-state index < -0.39 is 0 Å². The molecule has 0 saturated heterocycles. The molecule has 0 spiro atoms. The molecule has 1 aliphatic rings. The first-order valence-corrected chi connectivity index (χ1v) is 8.13. The molecule has 116 valence electrons. The van der Waals surface area contributed by atoms with Gasteiger partial charge in [0.2, 0.25) is 5.91 Å². The average molecular weight is 288 g/mol. The first kappa shape index (κ1) is 16.0. The highest BCUT2D eigenvalue weighted by molar-refractivity contribution is 5.92. The van der Waals surface area contributed by atoms with Crippen molar-refractivity contribution in [3.63, 3.8) is 0 Å². The van der Waals surface area contributed by atoms with Crippen LogP contribution in [0.25, 0.3) is 0 Å². The number of rotatable bonds is 4. The minimum atomic E-state index is 0.0896. The Morgan fingerprint density at radius 2 is 1.67 bits per heavy atom. The number of amides is 1. The van der Waals surface area contributed by atoms with Crippen LogP contribution in [0.1, 0.15) is 49.7 Å². The number of carbonyl (C=O) groups excluding carboxylic acids is 1. The molecule has 0 bridgehead atoms. The van der Waals surface area contributed by atoms with Gasteiger partial charge in [0.25, 0.3) is 0 Å². The summed E-state index contributed by atoms with van der Waals surface area (Å²) in [6, 6.07) is 6.73. The summed E-state index contributed by atoms with van der Waals surface area (Å²) < 4.78 is 0. The summed E-state index contributed by atoms with van der Waals surface area (Å²) in [6.07, 6.45) is 7.75. The van der Waals surface area contributed by atoms with Gasteiger partial charge in [-0.3, -0.25) is 9.69 Å². The average Bonchev–Trinajstić information content (AvgIpc) is 2.65. The summed E-state index contributed by atoms with van der Waals surface area (Å²) >= 11 is 0. The monoisotopic (exact) mass is 288 g/mol. The van der Waals surface area contributed by atoms with Crippen molar-refractivity contribution < 1.29 is 4.79 Å². The molecule has 0 unspecified atom stereocenters. The van der Waals surface area contributed by atoms with E-state index in [1.165, 1.54) is 49.7 Å². The maximum absolute atomic E-state index is 12.2. The van der Waals surface area contributed by atoms with Crippen molar-refractivity contribution in [2.75, 3.05) is 18.9 Å². The zero-order valence-corrected chi connectivity index (χ0v) is 13.6. The van der Waals surface area contributed by atoms with Gasteiger partial charge < -0.3 is 5.32 Å². The van der Waals surface area contributed by atoms with Crippen LogP contribution in [0, 0.1) is 13.8 Å². The van der Waals surface area contributed by atoms with Crippen LogP contribution >= 0.6 is 0 Å². The first-order chi connectivity index (χ1) is 10.0. The lowest BCUT2D eigenvalue weighted by Crippen LogP contribution is -2.37. The fourth-order valence-corrected chi connectivity index (χ4v) is 3.30. The third-order valence-corrected chi connectivity index (χ3v) is 4.35. The maximum atomic E-state index is 12.2. The number of nitrogens with one attached hydrogen (secondary N) is 1. The standard InChI is InChI=1S/C18H28N2O/c1-14-10-15(2)12-16(11-14)19-18(21)13-20(3)17-8-6-4-5-7-9-17/h10-12,17H,4-9,13H2,1-3H3,(H,19,21). The molecule has 0 aromatic heterocycles. The Hall–Kier alpha value is -1.35. The van der Waals surface area contributed by atoms with E-state index in [0.29, 0.717) is 12.6 Å². The zero-order valence-electron chi connectivity index (χ0n) is 13.6. The topological polar surface area (TPSA) is 32.3 Å². The van der Waals surface area contributed by atoms with Crippen LogP contribution in [0.4, 0.5) is 5.69 Å². The number of hydrogen-bond donors (Lipinski definition) is 1. The number of anilines is 1. The maximum Gasteiger partial charge on any atom is 0.238 e. The number of aryl methyl sites for hydroxylation is 2. The Morgan fingerprint density at radius 3 is 2.24 bits per heavy atom. The minimum absolute atomic E-state index is 0.0896. The molecule has 1 aromatic carbocycles. The second-order valence-electron chi connectivity index (χ2n) is 6.49. The molecule has 1 amide bonds. The molecule has 3 heteroatoms. The molecule has 1 fully saturated rings. The van der Waals surface area contributed by atoms with Crippen molar-refractivity contribution in [3.05, 3.63) is 29.3 Å². The van der Waals surface area contributed by atoms with E-state index in [1.54, 1.807) is 0 Å². The van der Waals surface area contributed by atoms with Crippen LogP contribution in [0.2, 0.25) is 0 Å². The van der Waals surface area contributed by atoms with E-state index in [9.17, 15) is 4.79 Å². The molecule has 21 heavy (non-hydrogen) atoms. The van der Waals surface area contributed by atoms with E-state index in [0.717, 1.165) is 5.69 Å². The molecule has 0 aliphatic heterocycles. The number of benzene rings is 1. The molecule has 1 aromatic rings. The van der Waals surface area contributed by atoms with Gasteiger partial charge in [-0.25, -0.2) is 0 Å². The SMILES string of the molecule is Cc1cc(C)cc(NC(=O)CN(C)C2CCCCCC2)c1. The number of likely N-dealkylation sites (N-methyl/N-ethyl adjacent to an activating group) is 1. The summed E-state index contributed by atoms with van der Waals surface area (Å²) in [5.41, 5.74) is 3.27. The van der Waals surface area contributed by atoms with Gasteiger partial charge in [0.05, 0.1) is 6.54 Å². The van der Waals surface area contributed by atoms with Crippen molar-refractivity contribution in [1.29, 1.82) is 0 Å². The summed E-state index contributed by atoms with van der Waals surface area (Å²) in [5.74, 6) is 0.0896. The predicted molar refractivity (Wildman–Crippen MR) is 88.7 cm³/mol. The fourth-order valence-electron chi connectivity index (χ4n) is 3.30. The molecule has 0 radical (unpaired) electrons. The molecular weight excluding hydrogens is 260 g/mol. The number of hydrogen-bond acceptors (Lipinski definition) is 2. The lowest BCUT2D eigenvalue weighted by molar-refractivity contribution is -0.117. The Bertz CT molecular complexity index is 456. The Labute approximate surface area is 128 Å². The van der Waals surface area contributed by atoms with Crippen molar-refractivity contribution >= 4 is 11.6 Å². The van der Waals surface area contributed by atoms with Gasteiger partial charge in [-0.2, -0.15) is 0 Å². The third-order valence-electron chi connectivity index (χ3n) is 4.35. The molecule has 0 heterocycles. The van der Waals surface area contributed by atoms with Crippen molar-refractivity contribution in [2.24, 2.45) is 0 Å². The fraction of sp³-hybridized carbons (Fsp3) is 0.611. The molecule has 3 nitrogen and oxygen atoms in total. The first-order valence-electron chi connectivity index (χ1n) is 8.13. The van der Waals surface area contributed by atoms with Crippen LogP contribution in [0.3, 0.4) is 0 Å². The molecule has 1 N–H and O–H groups in total. The van der Waals surface area contributed by atoms with Crippen molar-refractivity contribution in [3.8, 4) is 0 Å². The van der Waals surface area contributed by atoms with Crippen LogP contribution < -0.4 is 5.32 Å². The van der Waals surface area contributed by atoms with E-state index in [4.69, 9.17) is 0 Å². The highest BCUT2D eigenvalue weighted by Crippen LogP contribution is 2.21. The predicted octanol–water partition coefficient (Wildman–Crippen LogP) is 3.90. The van der Waals surface area contributed by atoms with Crippen molar-refractivity contribution in [1.82, 2.24) is 4.90 Å². The highest BCUT2D eigenvalue weighted by atomic mass is 16.2. The van der Waals surface area contributed by atoms with E-state index in [-0.39, 0.29) is 5.91 Å². The third kappa shape index (κ3) is 5.16. The van der Waals surface area contributed by atoms with Gasteiger partial charge in [-0.1, -0.05) is 31.7 Å². The van der Waals surface area contributed by atoms with Gasteiger partial charge in [-0.15, -0.1) is 0 Å². The zero-order chi connectivity index (χ0) is 15.2. The van der Waals surface area contributed by atoms with Gasteiger partial charge in [0, 0.05) is 11.7 Å². The van der Waals surface area contributed by atoms with Gasteiger partial charge in [-0.05, 0) is 57.0 Å². The van der Waals surface area contributed by atoms with Crippen LogP contribution in [-0.2, 0) is 4.79 Å². The van der Waals surface area contributed by atoms with E-state index >= 15 is 0 Å². The van der Waals surface area contributed by atoms with E-state index in [1.807, 2.05) is 12.1 Å². The number of carbonyl (C=O) groups is 1. The summed E-state index contributed by atoms with van der Waals surface area (Å²) in [7, 11) is 2.08. The Kier molecular flexibility index (Phi) is 5.80. The molecule has 2 rings (SSSR count). The second kappa shape index (κ2) is 7.60. The largest absolute Gasteiger partial charge is 0.325 e. The lowest BCUT2D eigenvalue weighted by atomic mass is 10.1. The smallest absolute Gasteiger partial charge is 0.238 e. The molecule has 0 atom stereocenters. The summed E-state index contributed by atoms with van der Waals surface area (Å²) in [6.45, 7) is 4.60. The van der Waals surface area contributed by atoms with Gasteiger partial charge in [0.1, 0.15) is 0 Å². The van der Waals surface area contributed by atoms with Gasteiger partial charge >= 0.3 is 0 Å². The second-order valence-corrected chi connectivity index (χ2v) is 6.49. The van der Waals surface area contributed by atoms with Crippen LogP contribution in [0.5, 0.6) is 0 Å². The summed E-state index contributed by atoms with van der Waals surface area (Å²) in [4.78, 5) is 14.4. The Morgan fingerprint density at radius 1 is 1.10 bits per heavy atom. The lowest BCUT2D eigenvalue weighted by Gasteiger charge is -2.26. The van der Waals surface area contributed by atoms with Gasteiger partial charge in [0.15, 0.2) is 0 Å². The minimum Gasteiger partial charge on any atom is -0.325 e. The van der Waals surface area contributed by atoms with Crippen LogP contribution in [0.15, 0.2) is 18.2 Å². The highest BCUT2D eigenvalue weighted by Gasteiger charge is 2.18. The van der Waals surface area contributed by atoms with Crippen molar-refractivity contribution in [2.45, 2.75) is 58.4 Å².